The predicted molar refractivity (Wildman–Crippen MR) is 70.2 cm³/mol. The summed E-state index contributed by atoms with van der Waals surface area (Å²) in [5.74, 6) is 0.243. The third-order valence-corrected chi connectivity index (χ3v) is 2.73. The van der Waals surface area contributed by atoms with Gasteiger partial charge in [0.25, 0.3) is 0 Å². The molecule has 0 aliphatic heterocycles. The maximum Gasteiger partial charge on any atom is 0.227 e. The molecule has 0 fully saturated rings. The van der Waals surface area contributed by atoms with E-state index >= 15 is 0 Å². The molecule has 0 spiro atoms. The topological polar surface area (TPSA) is 53.3 Å². The Hall–Kier alpha value is -1.86. The molecule has 4 nitrogen and oxygen atoms in total. The average Bonchev–Trinajstić information content (AvgIpc) is 2.38. The zero-order valence-corrected chi connectivity index (χ0v) is 11.0. The molecule has 1 unspecified atom stereocenters. The highest BCUT2D eigenvalue weighted by Gasteiger charge is 2.14. The number of rotatable bonds is 5. The molecule has 1 amide bonds. The molecule has 0 saturated heterocycles. The Labute approximate surface area is 108 Å². The number of anilines is 1. The lowest BCUT2D eigenvalue weighted by Gasteiger charge is -2.19. The number of hydrogen-bond donors (Lipinski definition) is 0. The van der Waals surface area contributed by atoms with Crippen LogP contribution < -0.4 is 4.90 Å². The molecule has 0 N–H and O–H groups in total. The Morgan fingerprint density at radius 3 is 2.56 bits per heavy atom. The van der Waals surface area contributed by atoms with Gasteiger partial charge in [0.05, 0.1) is 11.6 Å². The molecule has 1 atom stereocenters. The van der Waals surface area contributed by atoms with Gasteiger partial charge in [-0.05, 0) is 30.2 Å². The average molecular weight is 246 g/mol. The monoisotopic (exact) mass is 246 g/mol. The lowest BCUT2D eigenvalue weighted by Crippen LogP contribution is -2.28. The Bertz CT molecular complexity index is 434. The van der Waals surface area contributed by atoms with Crippen molar-refractivity contribution in [1.82, 2.24) is 0 Å². The van der Waals surface area contributed by atoms with Crippen LogP contribution in [0.15, 0.2) is 24.3 Å². The van der Waals surface area contributed by atoms with Crippen LogP contribution >= 0.6 is 0 Å². The highest BCUT2D eigenvalue weighted by molar-refractivity contribution is 5.92. The fourth-order valence-electron chi connectivity index (χ4n) is 1.68. The minimum absolute atomic E-state index is 0.0456. The maximum atomic E-state index is 12.0. The molecule has 4 heteroatoms. The van der Waals surface area contributed by atoms with Gasteiger partial charge in [0, 0.05) is 32.9 Å². The van der Waals surface area contributed by atoms with Crippen LogP contribution in [-0.2, 0) is 9.53 Å². The minimum Gasteiger partial charge on any atom is -0.384 e. The number of hydrogen-bond acceptors (Lipinski definition) is 3. The summed E-state index contributed by atoms with van der Waals surface area (Å²) in [5.41, 5.74) is 1.39. The van der Waals surface area contributed by atoms with Gasteiger partial charge in [-0.1, -0.05) is 6.92 Å². The van der Waals surface area contributed by atoms with Crippen molar-refractivity contribution in [3.05, 3.63) is 29.8 Å². The molecule has 0 bridgehead atoms. The zero-order valence-electron chi connectivity index (χ0n) is 11.0. The van der Waals surface area contributed by atoms with Gasteiger partial charge in [-0.2, -0.15) is 5.26 Å². The Kier molecular flexibility index (Phi) is 5.34. The number of amides is 1. The fourth-order valence-corrected chi connectivity index (χ4v) is 1.68. The summed E-state index contributed by atoms with van der Waals surface area (Å²) in [6.07, 6.45) is 0.449. The van der Waals surface area contributed by atoms with Crippen LogP contribution in [0.2, 0.25) is 0 Å². The van der Waals surface area contributed by atoms with Gasteiger partial charge in [0.15, 0.2) is 0 Å². The third-order valence-electron chi connectivity index (χ3n) is 2.73. The van der Waals surface area contributed by atoms with E-state index in [1.54, 1.807) is 43.3 Å². The smallest absolute Gasteiger partial charge is 0.227 e. The molecule has 1 aromatic rings. The van der Waals surface area contributed by atoms with E-state index in [1.165, 1.54) is 0 Å². The van der Waals surface area contributed by atoms with Crippen molar-refractivity contribution in [3.63, 3.8) is 0 Å². The number of carbonyl (C=O) groups is 1. The van der Waals surface area contributed by atoms with Gasteiger partial charge in [-0.25, -0.2) is 0 Å². The molecule has 0 aliphatic rings. The summed E-state index contributed by atoms with van der Waals surface area (Å²) in [6.45, 7) is 2.56. The van der Waals surface area contributed by atoms with E-state index in [1.807, 2.05) is 6.92 Å². The number of carbonyl (C=O) groups excluding carboxylic acids is 1. The molecule has 0 aliphatic carbocycles. The standard InChI is InChI=1S/C14H18N2O2/c1-11(10-18-3)8-14(17)16(2)13-6-4-12(9-15)5-7-13/h4-7,11H,8,10H2,1-3H3. The first-order valence-corrected chi connectivity index (χ1v) is 5.84. The van der Waals surface area contributed by atoms with Crippen molar-refractivity contribution in [3.8, 4) is 6.07 Å². The third kappa shape index (κ3) is 3.86. The first-order chi connectivity index (χ1) is 8.58. The highest BCUT2D eigenvalue weighted by Crippen LogP contribution is 2.16. The largest absolute Gasteiger partial charge is 0.384 e. The van der Waals surface area contributed by atoms with Crippen LogP contribution in [0.4, 0.5) is 5.69 Å². The highest BCUT2D eigenvalue weighted by atomic mass is 16.5. The summed E-state index contributed by atoms with van der Waals surface area (Å²) >= 11 is 0. The van der Waals surface area contributed by atoms with Crippen molar-refractivity contribution in [2.24, 2.45) is 5.92 Å². The van der Waals surface area contributed by atoms with E-state index in [0.29, 0.717) is 18.6 Å². The molecule has 1 aromatic carbocycles. The SMILES string of the molecule is COCC(C)CC(=O)N(C)c1ccc(C#N)cc1. The second-order valence-electron chi connectivity index (χ2n) is 4.38. The number of nitrogens with zero attached hydrogens (tertiary/aromatic N) is 2. The van der Waals surface area contributed by atoms with Gasteiger partial charge in [-0.15, -0.1) is 0 Å². The van der Waals surface area contributed by atoms with Crippen molar-refractivity contribution in [1.29, 1.82) is 5.26 Å². The Morgan fingerprint density at radius 1 is 1.44 bits per heavy atom. The van der Waals surface area contributed by atoms with Crippen LogP contribution in [-0.4, -0.2) is 26.7 Å². The summed E-state index contributed by atoms with van der Waals surface area (Å²) in [5, 5.41) is 8.71. The van der Waals surface area contributed by atoms with E-state index in [-0.39, 0.29) is 11.8 Å². The number of methoxy groups -OCH3 is 1. The lowest BCUT2D eigenvalue weighted by atomic mass is 10.1. The maximum absolute atomic E-state index is 12.0. The molecular formula is C14H18N2O2. The Balaban J connectivity index is 2.65. The van der Waals surface area contributed by atoms with Crippen molar-refractivity contribution < 1.29 is 9.53 Å². The summed E-state index contributed by atoms with van der Waals surface area (Å²) in [4.78, 5) is 13.6. The first-order valence-electron chi connectivity index (χ1n) is 5.84. The molecule has 0 heterocycles. The van der Waals surface area contributed by atoms with E-state index in [9.17, 15) is 4.79 Å². The molecule has 0 aromatic heterocycles. The second kappa shape index (κ2) is 6.77. The van der Waals surface area contributed by atoms with Crippen LogP contribution in [0.25, 0.3) is 0 Å². The summed E-state index contributed by atoms with van der Waals surface area (Å²) in [6, 6.07) is 9.01. The van der Waals surface area contributed by atoms with E-state index in [4.69, 9.17) is 10.00 Å². The van der Waals surface area contributed by atoms with Gasteiger partial charge in [0.1, 0.15) is 0 Å². The van der Waals surface area contributed by atoms with E-state index in [0.717, 1.165) is 5.69 Å². The molecule has 0 radical (unpaired) electrons. The molecule has 96 valence electrons. The summed E-state index contributed by atoms with van der Waals surface area (Å²) < 4.78 is 5.01. The number of ether oxygens (including phenoxy) is 1. The van der Waals surface area contributed by atoms with Gasteiger partial charge in [0.2, 0.25) is 5.91 Å². The van der Waals surface area contributed by atoms with Crippen molar-refractivity contribution in [2.45, 2.75) is 13.3 Å². The van der Waals surface area contributed by atoms with Crippen LogP contribution in [0, 0.1) is 17.2 Å². The van der Waals surface area contributed by atoms with Crippen LogP contribution in [0.5, 0.6) is 0 Å². The summed E-state index contributed by atoms with van der Waals surface area (Å²) in [7, 11) is 3.37. The van der Waals surface area contributed by atoms with Crippen LogP contribution in [0.3, 0.4) is 0 Å². The number of benzene rings is 1. The molecule has 0 saturated carbocycles. The minimum atomic E-state index is 0.0456. The van der Waals surface area contributed by atoms with Crippen LogP contribution in [0.1, 0.15) is 18.9 Å². The van der Waals surface area contributed by atoms with Gasteiger partial charge < -0.3 is 9.64 Å². The van der Waals surface area contributed by atoms with Crippen molar-refractivity contribution in [2.75, 3.05) is 25.7 Å². The molecule has 1 rings (SSSR count). The second-order valence-corrected chi connectivity index (χ2v) is 4.38. The fraction of sp³-hybridized carbons (Fsp3) is 0.429. The zero-order chi connectivity index (χ0) is 13.5. The van der Waals surface area contributed by atoms with Gasteiger partial charge >= 0.3 is 0 Å². The lowest BCUT2D eigenvalue weighted by molar-refractivity contribution is -0.119. The molecule has 18 heavy (non-hydrogen) atoms. The normalized spacial score (nSPS) is 11.7. The number of nitriles is 1. The van der Waals surface area contributed by atoms with E-state index in [2.05, 4.69) is 6.07 Å². The van der Waals surface area contributed by atoms with Crippen molar-refractivity contribution >= 4 is 11.6 Å². The predicted octanol–water partition coefficient (Wildman–Crippen LogP) is 2.19. The quantitative estimate of drug-likeness (QED) is 0.800. The first kappa shape index (κ1) is 14.2. The van der Waals surface area contributed by atoms with E-state index < -0.39 is 0 Å². The van der Waals surface area contributed by atoms with Gasteiger partial charge in [-0.3, -0.25) is 4.79 Å². The Morgan fingerprint density at radius 2 is 2.06 bits per heavy atom. The molecular weight excluding hydrogens is 228 g/mol.